The average molecular weight is 343 g/mol. The molecule has 2 aliphatic rings. The van der Waals surface area contributed by atoms with Crippen molar-refractivity contribution in [1.82, 2.24) is 14.9 Å². The average Bonchev–Trinajstić information content (AvgIpc) is 3.25. The van der Waals surface area contributed by atoms with Gasteiger partial charge in [-0.2, -0.15) is 4.98 Å². The minimum atomic E-state index is 0.406. The largest absolute Gasteiger partial charge is 0.465 e. The van der Waals surface area contributed by atoms with Crippen molar-refractivity contribution in [1.29, 1.82) is 0 Å². The summed E-state index contributed by atoms with van der Waals surface area (Å²) in [6, 6.07) is 6.44. The second kappa shape index (κ2) is 7.41. The molecule has 7 heteroatoms. The molecule has 4 rings (SSSR count). The Morgan fingerprint density at radius 2 is 2.08 bits per heavy atom. The first-order chi connectivity index (χ1) is 12.3. The summed E-state index contributed by atoms with van der Waals surface area (Å²) in [4.78, 5) is 13.7. The Morgan fingerprint density at radius 1 is 1.20 bits per heavy atom. The van der Waals surface area contributed by atoms with Crippen molar-refractivity contribution in [2.45, 2.75) is 25.9 Å². The van der Waals surface area contributed by atoms with Gasteiger partial charge in [0.05, 0.1) is 19.8 Å². The Bertz CT molecular complexity index is 698. The molecular formula is C18H25N5O2. The highest BCUT2D eigenvalue weighted by molar-refractivity contribution is 5.42. The van der Waals surface area contributed by atoms with E-state index in [0.29, 0.717) is 6.04 Å². The highest BCUT2D eigenvalue weighted by Crippen LogP contribution is 2.19. The fraction of sp³-hybridized carbons (Fsp3) is 0.556. The topological polar surface area (TPSA) is 66.7 Å². The zero-order chi connectivity index (χ0) is 17.1. The first kappa shape index (κ1) is 16.4. The smallest absolute Gasteiger partial charge is 0.227 e. The van der Waals surface area contributed by atoms with E-state index in [1.807, 2.05) is 25.3 Å². The zero-order valence-corrected chi connectivity index (χ0v) is 14.6. The van der Waals surface area contributed by atoms with Crippen LogP contribution in [0.15, 0.2) is 28.8 Å². The standard InChI is InChI=1S/C18H25N5O2/c1-14-2-3-16(25-14)13-22-7-5-15(12-22)20-17-4-6-19-18(21-17)23-8-10-24-11-9-23/h2-4,6,15H,5,7-13H2,1H3,(H,19,20,21). The molecule has 0 saturated carbocycles. The lowest BCUT2D eigenvalue weighted by Gasteiger charge is -2.27. The third kappa shape index (κ3) is 4.11. The van der Waals surface area contributed by atoms with Crippen LogP contribution in [0.3, 0.4) is 0 Å². The van der Waals surface area contributed by atoms with Crippen LogP contribution in [0, 0.1) is 6.92 Å². The molecular weight excluding hydrogens is 318 g/mol. The number of furan rings is 1. The highest BCUT2D eigenvalue weighted by Gasteiger charge is 2.24. The van der Waals surface area contributed by atoms with Crippen molar-refractivity contribution in [2.75, 3.05) is 49.6 Å². The molecule has 2 aromatic heterocycles. The summed E-state index contributed by atoms with van der Waals surface area (Å²) in [5.74, 6) is 3.70. The van der Waals surface area contributed by atoms with E-state index in [1.165, 1.54) is 0 Å². The van der Waals surface area contributed by atoms with Crippen LogP contribution in [0.25, 0.3) is 0 Å². The van der Waals surface area contributed by atoms with Crippen molar-refractivity contribution in [3.8, 4) is 0 Å². The summed E-state index contributed by atoms with van der Waals surface area (Å²) < 4.78 is 11.1. The normalized spacial score (nSPS) is 21.6. The molecule has 2 saturated heterocycles. The van der Waals surface area contributed by atoms with Crippen molar-refractivity contribution in [3.05, 3.63) is 35.9 Å². The zero-order valence-electron chi connectivity index (χ0n) is 14.6. The third-order valence-electron chi connectivity index (χ3n) is 4.74. The summed E-state index contributed by atoms with van der Waals surface area (Å²) in [6.07, 6.45) is 2.94. The molecule has 1 N–H and O–H groups in total. The molecule has 7 nitrogen and oxygen atoms in total. The van der Waals surface area contributed by atoms with Gasteiger partial charge in [0, 0.05) is 38.4 Å². The second-order valence-corrected chi connectivity index (χ2v) is 6.72. The van der Waals surface area contributed by atoms with Gasteiger partial charge in [0.25, 0.3) is 0 Å². The molecule has 0 bridgehead atoms. The number of ether oxygens (including phenoxy) is 1. The van der Waals surface area contributed by atoms with Gasteiger partial charge in [0.15, 0.2) is 0 Å². The van der Waals surface area contributed by atoms with E-state index in [1.54, 1.807) is 0 Å². The number of nitrogens with zero attached hydrogens (tertiary/aromatic N) is 4. The van der Waals surface area contributed by atoms with Gasteiger partial charge in [0.1, 0.15) is 17.3 Å². The van der Waals surface area contributed by atoms with Gasteiger partial charge in [-0.25, -0.2) is 4.98 Å². The first-order valence-corrected chi connectivity index (χ1v) is 8.96. The molecule has 2 fully saturated rings. The molecule has 0 aromatic carbocycles. The number of rotatable bonds is 5. The van der Waals surface area contributed by atoms with Crippen LogP contribution in [-0.4, -0.2) is 60.3 Å². The molecule has 0 amide bonds. The van der Waals surface area contributed by atoms with Gasteiger partial charge >= 0.3 is 0 Å². The lowest BCUT2D eigenvalue weighted by Crippen LogP contribution is -2.37. The van der Waals surface area contributed by atoms with Crippen LogP contribution in [0.4, 0.5) is 11.8 Å². The van der Waals surface area contributed by atoms with E-state index in [2.05, 4.69) is 31.2 Å². The van der Waals surface area contributed by atoms with E-state index in [0.717, 1.165) is 75.6 Å². The predicted octanol–water partition coefficient (Wildman–Crippen LogP) is 1.90. The fourth-order valence-corrected chi connectivity index (χ4v) is 3.44. The van der Waals surface area contributed by atoms with Crippen LogP contribution in [-0.2, 0) is 11.3 Å². The van der Waals surface area contributed by atoms with Gasteiger partial charge in [-0.05, 0) is 31.5 Å². The summed E-state index contributed by atoms with van der Waals surface area (Å²) >= 11 is 0. The number of hydrogen-bond donors (Lipinski definition) is 1. The van der Waals surface area contributed by atoms with Gasteiger partial charge < -0.3 is 19.4 Å². The molecule has 0 radical (unpaired) electrons. The monoisotopic (exact) mass is 343 g/mol. The van der Waals surface area contributed by atoms with Crippen molar-refractivity contribution in [2.24, 2.45) is 0 Å². The lowest BCUT2D eigenvalue weighted by molar-refractivity contribution is 0.122. The fourth-order valence-electron chi connectivity index (χ4n) is 3.44. The Morgan fingerprint density at radius 3 is 2.88 bits per heavy atom. The van der Waals surface area contributed by atoms with Crippen LogP contribution >= 0.6 is 0 Å². The van der Waals surface area contributed by atoms with Crippen LogP contribution < -0.4 is 10.2 Å². The summed E-state index contributed by atoms with van der Waals surface area (Å²) in [6.45, 7) is 8.10. The van der Waals surface area contributed by atoms with Crippen molar-refractivity contribution < 1.29 is 9.15 Å². The minimum absolute atomic E-state index is 0.406. The highest BCUT2D eigenvalue weighted by atomic mass is 16.5. The predicted molar refractivity (Wildman–Crippen MR) is 95.8 cm³/mol. The van der Waals surface area contributed by atoms with Gasteiger partial charge in [-0.3, -0.25) is 4.90 Å². The number of aromatic nitrogens is 2. The number of hydrogen-bond acceptors (Lipinski definition) is 7. The first-order valence-electron chi connectivity index (χ1n) is 8.96. The summed E-state index contributed by atoms with van der Waals surface area (Å²) in [5, 5.41) is 3.56. The van der Waals surface area contributed by atoms with E-state index in [-0.39, 0.29) is 0 Å². The molecule has 1 unspecified atom stereocenters. The minimum Gasteiger partial charge on any atom is -0.465 e. The molecule has 0 aliphatic carbocycles. The van der Waals surface area contributed by atoms with Crippen LogP contribution in [0.1, 0.15) is 17.9 Å². The van der Waals surface area contributed by atoms with E-state index in [9.17, 15) is 0 Å². The number of nitrogens with one attached hydrogen (secondary N) is 1. The van der Waals surface area contributed by atoms with E-state index < -0.39 is 0 Å². The molecule has 1 atom stereocenters. The quantitative estimate of drug-likeness (QED) is 0.889. The van der Waals surface area contributed by atoms with Crippen LogP contribution in [0.2, 0.25) is 0 Å². The van der Waals surface area contributed by atoms with Crippen molar-refractivity contribution in [3.63, 3.8) is 0 Å². The molecule has 2 aliphatic heterocycles. The Kier molecular flexibility index (Phi) is 4.85. The Labute approximate surface area is 148 Å². The van der Waals surface area contributed by atoms with Gasteiger partial charge in [-0.15, -0.1) is 0 Å². The number of anilines is 2. The number of aryl methyl sites for hydroxylation is 1. The maximum absolute atomic E-state index is 5.68. The molecule has 4 heterocycles. The Balaban J connectivity index is 1.33. The SMILES string of the molecule is Cc1ccc(CN2CCC(Nc3ccnc(N4CCOCC4)n3)C2)o1. The third-order valence-corrected chi connectivity index (χ3v) is 4.74. The maximum atomic E-state index is 5.68. The number of likely N-dealkylation sites (tertiary alicyclic amines) is 1. The Hall–Kier alpha value is -2.12. The van der Waals surface area contributed by atoms with Crippen molar-refractivity contribution >= 4 is 11.8 Å². The van der Waals surface area contributed by atoms with Gasteiger partial charge in [-0.1, -0.05) is 0 Å². The molecule has 25 heavy (non-hydrogen) atoms. The lowest BCUT2D eigenvalue weighted by atomic mass is 10.2. The van der Waals surface area contributed by atoms with E-state index in [4.69, 9.17) is 9.15 Å². The molecule has 0 spiro atoms. The summed E-state index contributed by atoms with van der Waals surface area (Å²) in [7, 11) is 0. The van der Waals surface area contributed by atoms with E-state index >= 15 is 0 Å². The molecule has 134 valence electrons. The molecule has 2 aromatic rings. The van der Waals surface area contributed by atoms with Crippen LogP contribution in [0.5, 0.6) is 0 Å². The number of morpholine rings is 1. The summed E-state index contributed by atoms with van der Waals surface area (Å²) in [5.41, 5.74) is 0. The maximum Gasteiger partial charge on any atom is 0.227 e. The van der Waals surface area contributed by atoms with Gasteiger partial charge in [0.2, 0.25) is 5.95 Å². The second-order valence-electron chi connectivity index (χ2n) is 6.72.